The summed E-state index contributed by atoms with van der Waals surface area (Å²) in [6, 6.07) is 14.8. The van der Waals surface area contributed by atoms with Gasteiger partial charge in [0.2, 0.25) is 0 Å². The minimum Gasteiger partial charge on any atom is -0.497 e. The molecular formula is C21H21N3O3. The van der Waals surface area contributed by atoms with Crippen molar-refractivity contribution in [2.75, 3.05) is 24.9 Å². The van der Waals surface area contributed by atoms with Crippen LogP contribution >= 0.6 is 0 Å². The number of aryl methyl sites for hydroxylation is 1. The maximum absolute atomic E-state index is 12.6. The predicted molar refractivity (Wildman–Crippen MR) is 106 cm³/mol. The average molecular weight is 363 g/mol. The number of amides is 1. The van der Waals surface area contributed by atoms with Gasteiger partial charge in [0.1, 0.15) is 11.5 Å². The molecule has 0 atom stereocenters. The number of ether oxygens (including phenoxy) is 2. The van der Waals surface area contributed by atoms with Crippen LogP contribution < -0.4 is 20.1 Å². The lowest BCUT2D eigenvalue weighted by Crippen LogP contribution is -2.13. The lowest BCUT2D eigenvalue weighted by molar-refractivity contribution is 0.102. The molecule has 138 valence electrons. The Balaban J connectivity index is 1.82. The Morgan fingerprint density at radius 2 is 1.78 bits per heavy atom. The number of hydrogen-bond acceptors (Lipinski definition) is 5. The molecule has 6 heteroatoms. The zero-order valence-electron chi connectivity index (χ0n) is 15.4. The second kappa shape index (κ2) is 8.23. The SMILES string of the molecule is COc1ccc(OC)c(Nc2cncc(C(=O)Nc3ccccc3C)c2)c1. The van der Waals surface area contributed by atoms with E-state index in [0.29, 0.717) is 22.7 Å². The fraction of sp³-hybridized carbons (Fsp3) is 0.143. The molecule has 1 heterocycles. The number of benzene rings is 2. The van der Waals surface area contributed by atoms with E-state index in [4.69, 9.17) is 9.47 Å². The molecule has 3 aromatic rings. The highest BCUT2D eigenvalue weighted by molar-refractivity contribution is 6.05. The Morgan fingerprint density at radius 1 is 0.963 bits per heavy atom. The standard InChI is InChI=1S/C21H21N3O3/c1-14-6-4-5-7-18(14)24-21(25)15-10-16(13-22-12-15)23-19-11-17(26-2)8-9-20(19)27-3/h4-13,23H,1-3H3,(H,24,25). The Bertz CT molecular complexity index is 957. The molecule has 6 nitrogen and oxygen atoms in total. The number of nitrogens with zero attached hydrogens (tertiary/aromatic N) is 1. The van der Waals surface area contributed by atoms with Crippen LogP contribution in [0.15, 0.2) is 60.9 Å². The second-order valence-electron chi connectivity index (χ2n) is 5.92. The summed E-state index contributed by atoms with van der Waals surface area (Å²) in [6.07, 6.45) is 3.17. The number of rotatable bonds is 6. The molecular weight excluding hydrogens is 342 g/mol. The maximum atomic E-state index is 12.6. The van der Waals surface area contributed by atoms with Crippen molar-refractivity contribution < 1.29 is 14.3 Å². The van der Waals surface area contributed by atoms with Gasteiger partial charge in [-0.05, 0) is 36.8 Å². The molecule has 0 bridgehead atoms. The topological polar surface area (TPSA) is 72.5 Å². The molecule has 0 radical (unpaired) electrons. The van der Waals surface area contributed by atoms with E-state index in [1.54, 1.807) is 26.5 Å². The monoisotopic (exact) mass is 363 g/mol. The van der Waals surface area contributed by atoms with E-state index in [1.165, 1.54) is 6.20 Å². The van der Waals surface area contributed by atoms with Gasteiger partial charge >= 0.3 is 0 Å². The molecule has 0 saturated heterocycles. The molecule has 1 aromatic heterocycles. The Morgan fingerprint density at radius 3 is 2.52 bits per heavy atom. The van der Waals surface area contributed by atoms with Crippen molar-refractivity contribution in [3.8, 4) is 11.5 Å². The molecule has 0 spiro atoms. The molecule has 0 saturated carbocycles. The molecule has 0 aliphatic rings. The highest BCUT2D eigenvalue weighted by Gasteiger charge is 2.11. The van der Waals surface area contributed by atoms with E-state index >= 15 is 0 Å². The summed E-state index contributed by atoms with van der Waals surface area (Å²) in [6.45, 7) is 1.95. The van der Waals surface area contributed by atoms with Crippen molar-refractivity contribution in [3.05, 3.63) is 72.1 Å². The minimum absolute atomic E-state index is 0.224. The molecule has 2 aromatic carbocycles. The van der Waals surface area contributed by atoms with Gasteiger partial charge in [-0.2, -0.15) is 0 Å². The highest BCUT2D eigenvalue weighted by atomic mass is 16.5. The summed E-state index contributed by atoms with van der Waals surface area (Å²) >= 11 is 0. The number of carbonyl (C=O) groups excluding carboxylic acids is 1. The van der Waals surface area contributed by atoms with Crippen LogP contribution in [0.5, 0.6) is 11.5 Å². The molecule has 2 N–H and O–H groups in total. The first kappa shape index (κ1) is 18.3. The first-order valence-electron chi connectivity index (χ1n) is 8.42. The highest BCUT2D eigenvalue weighted by Crippen LogP contribution is 2.31. The van der Waals surface area contributed by atoms with Crippen LogP contribution in [0.1, 0.15) is 15.9 Å². The largest absolute Gasteiger partial charge is 0.497 e. The molecule has 0 aliphatic heterocycles. The van der Waals surface area contributed by atoms with Crippen LogP contribution in [-0.2, 0) is 0 Å². The van der Waals surface area contributed by atoms with E-state index < -0.39 is 0 Å². The van der Waals surface area contributed by atoms with Crippen molar-refractivity contribution in [2.24, 2.45) is 0 Å². The summed E-state index contributed by atoms with van der Waals surface area (Å²) in [5.74, 6) is 1.13. The number of para-hydroxylation sites is 1. The number of carbonyl (C=O) groups is 1. The first-order chi connectivity index (χ1) is 13.1. The lowest BCUT2D eigenvalue weighted by Gasteiger charge is -2.13. The lowest BCUT2D eigenvalue weighted by atomic mass is 10.2. The molecule has 0 aliphatic carbocycles. The van der Waals surface area contributed by atoms with Crippen LogP contribution in [0.4, 0.5) is 17.1 Å². The fourth-order valence-corrected chi connectivity index (χ4v) is 2.61. The van der Waals surface area contributed by atoms with E-state index in [9.17, 15) is 4.79 Å². The van der Waals surface area contributed by atoms with Crippen LogP contribution in [0.2, 0.25) is 0 Å². The molecule has 3 rings (SSSR count). The number of nitrogens with one attached hydrogen (secondary N) is 2. The molecule has 0 fully saturated rings. The Labute approximate surface area is 158 Å². The maximum Gasteiger partial charge on any atom is 0.257 e. The Hall–Kier alpha value is -3.54. The summed E-state index contributed by atoms with van der Waals surface area (Å²) in [7, 11) is 3.20. The third kappa shape index (κ3) is 4.36. The number of pyridine rings is 1. The third-order valence-electron chi connectivity index (χ3n) is 4.08. The smallest absolute Gasteiger partial charge is 0.257 e. The van der Waals surface area contributed by atoms with Crippen LogP contribution in [0.25, 0.3) is 0 Å². The number of methoxy groups -OCH3 is 2. The first-order valence-corrected chi connectivity index (χ1v) is 8.42. The van der Waals surface area contributed by atoms with Gasteiger partial charge in [-0.1, -0.05) is 18.2 Å². The fourth-order valence-electron chi connectivity index (χ4n) is 2.61. The summed E-state index contributed by atoms with van der Waals surface area (Å²) in [5, 5.41) is 6.13. The molecule has 0 unspecified atom stereocenters. The van der Waals surface area contributed by atoms with Gasteiger partial charge < -0.3 is 20.1 Å². The molecule has 27 heavy (non-hydrogen) atoms. The van der Waals surface area contributed by atoms with Crippen LogP contribution in [0.3, 0.4) is 0 Å². The van der Waals surface area contributed by atoms with Gasteiger partial charge in [-0.25, -0.2) is 0 Å². The van der Waals surface area contributed by atoms with Crippen molar-refractivity contribution in [1.82, 2.24) is 4.98 Å². The van der Waals surface area contributed by atoms with E-state index in [0.717, 1.165) is 16.9 Å². The zero-order chi connectivity index (χ0) is 19.2. The van der Waals surface area contributed by atoms with Gasteiger partial charge in [0.25, 0.3) is 5.91 Å². The van der Waals surface area contributed by atoms with Crippen molar-refractivity contribution in [3.63, 3.8) is 0 Å². The minimum atomic E-state index is -0.224. The molecule has 1 amide bonds. The van der Waals surface area contributed by atoms with E-state index in [-0.39, 0.29) is 5.91 Å². The average Bonchev–Trinajstić information content (AvgIpc) is 2.70. The van der Waals surface area contributed by atoms with Crippen molar-refractivity contribution in [2.45, 2.75) is 6.92 Å². The van der Waals surface area contributed by atoms with Crippen LogP contribution in [-0.4, -0.2) is 25.1 Å². The number of aromatic nitrogens is 1. The number of anilines is 3. The Kier molecular flexibility index (Phi) is 5.56. The predicted octanol–water partition coefficient (Wildman–Crippen LogP) is 4.40. The van der Waals surface area contributed by atoms with Gasteiger partial charge in [0.15, 0.2) is 0 Å². The quantitative estimate of drug-likeness (QED) is 0.679. The summed E-state index contributed by atoms with van der Waals surface area (Å²) < 4.78 is 10.6. The van der Waals surface area contributed by atoms with Crippen LogP contribution in [0, 0.1) is 6.92 Å². The van der Waals surface area contributed by atoms with Crippen molar-refractivity contribution >= 4 is 23.0 Å². The van der Waals surface area contributed by atoms with Gasteiger partial charge in [-0.3, -0.25) is 9.78 Å². The summed E-state index contributed by atoms with van der Waals surface area (Å²) in [4.78, 5) is 16.7. The summed E-state index contributed by atoms with van der Waals surface area (Å²) in [5.41, 5.74) is 3.60. The van der Waals surface area contributed by atoms with Gasteiger partial charge in [-0.15, -0.1) is 0 Å². The second-order valence-corrected chi connectivity index (χ2v) is 5.92. The number of hydrogen-bond donors (Lipinski definition) is 2. The van der Waals surface area contributed by atoms with Crippen molar-refractivity contribution in [1.29, 1.82) is 0 Å². The third-order valence-corrected chi connectivity index (χ3v) is 4.08. The van der Waals surface area contributed by atoms with E-state index in [2.05, 4.69) is 15.6 Å². The normalized spacial score (nSPS) is 10.2. The van der Waals surface area contributed by atoms with E-state index in [1.807, 2.05) is 49.4 Å². The van der Waals surface area contributed by atoms with Gasteiger partial charge in [0.05, 0.1) is 37.4 Å². The van der Waals surface area contributed by atoms with Gasteiger partial charge in [0, 0.05) is 18.0 Å². The zero-order valence-corrected chi connectivity index (χ0v) is 15.4.